The fourth-order valence-corrected chi connectivity index (χ4v) is 3.92. The number of fused-ring (bicyclic) bond motifs is 1. The molecule has 1 aromatic carbocycles. The Balaban J connectivity index is 0.00000161. The third kappa shape index (κ3) is 3.39. The van der Waals surface area contributed by atoms with Crippen LogP contribution in [0.25, 0.3) is 0 Å². The summed E-state index contributed by atoms with van der Waals surface area (Å²) in [5.74, 6) is 1.12. The summed E-state index contributed by atoms with van der Waals surface area (Å²) >= 11 is 9.42. The molecule has 1 aliphatic heterocycles. The molecule has 2 fully saturated rings. The minimum absolute atomic E-state index is 0. The molecule has 6 heteroatoms. The van der Waals surface area contributed by atoms with Gasteiger partial charge in [0.15, 0.2) is 0 Å². The molecule has 3 atom stereocenters. The number of hydrogen-bond donors (Lipinski definition) is 1. The van der Waals surface area contributed by atoms with Gasteiger partial charge >= 0.3 is 0 Å². The van der Waals surface area contributed by atoms with Crippen LogP contribution in [0.15, 0.2) is 22.7 Å². The van der Waals surface area contributed by atoms with Gasteiger partial charge in [-0.05, 0) is 58.8 Å². The summed E-state index contributed by atoms with van der Waals surface area (Å²) in [5.41, 5.74) is 6.86. The van der Waals surface area contributed by atoms with Gasteiger partial charge < -0.3 is 10.6 Å². The van der Waals surface area contributed by atoms with Crippen molar-refractivity contribution in [2.75, 3.05) is 13.1 Å². The van der Waals surface area contributed by atoms with Crippen molar-refractivity contribution >= 4 is 45.8 Å². The van der Waals surface area contributed by atoms with Gasteiger partial charge in [-0.1, -0.05) is 18.0 Å². The van der Waals surface area contributed by atoms with Gasteiger partial charge in [-0.25, -0.2) is 0 Å². The highest BCUT2D eigenvalue weighted by Crippen LogP contribution is 2.36. The first-order valence-corrected chi connectivity index (χ1v) is 8.23. The van der Waals surface area contributed by atoms with E-state index in [-0.39, 0.29) is 24.4 Å². The lowest BCUT2D eigenvalue weighted by Crippen LogP contribution is -2.38. The first kappa shape index (κ1) is 17.1. The third-order valence-electron chi connectivity index (χ3n) is 4.61. The van der Waals surface area contributed by atoms with Crippen LogP contribution in [0.3, 0.4) is 0 Å². The predicted molar refractivity (Wildman–Crippen MR) is 91.1 cm³/mol. The van der Waals surface area contributed by atoms with Crippen molar-refractivity contribution in [2.24, 2.45) is 17.6 Å². The minimum atomic E-state index is 0. The fraction of sp³-hybridized carbons (Fsp3) is 0.533. The van der Waals surface area contributed by atoms with Gasteiger partial charge in [0.05, 0.1) is 5.02 Å². The number of benzene rings is 1. The normalized spacial score (nSPS) is 28.0. The quantitative estimate of drug-likeness (QED) is 0.790. The van der Waals surface area contributed by atoms with Crippen LogP contribution in [0.4, 0.5) is 0 Å². The zero-order valence-electron chi connectivity index (χ0n) is 11.6. The first-order valence-electron chi connectivity index (χ1n) is 7.06. The molecule has 2 N–H and O–H groups in total. The van der Waals surface area contributed by atoms with E-state index in [9.17, 15) is 4.79 Å². The highest BCUT2D eigenvalue weighted by atomic mass is 79.9. The van der Waals surface area contributed by atoms with Crippen molar-refractivity contribution in [3.05, 3.63) is 33.3 Å². The Morgan fingerprint density at radius 3 is 2.76 bits per heavy atom. The number of rotatable bonds is 1. The van der Waals surface area contributed by atoms with E-state index in [1.807, 2.05) is 17.0 Å². The summed E-state index contributed by atoms with van der Waals surface area (Å²) < 4.78 is 0.813. The van der Waals surface area contributed by atoms with Crippen LogP contribution in [-0.4, -0.2) is 29.9 Å². The van der Waals surface area contributed by atoms with Crippen molar-refractivity contribution in [1.82, 2.24) is 4.90 Å². The lowest BCUT2D eigenvalue weighted by atomic mass is 9.78. The Hall–Kier alpha value is -0.290. The molecule has 1 aromatic rings. The maximum absolute atomic E-state index is 12.6. The molecule has 2 aliphatic rings. The summed E-state index contributed by atoms with van der Waals surface area (Å²) in [4.78, 5) is 14.5. The van der Waals surface area contributed by atoms with Crippen molar-refractivity contribution in [3.63, 3.8) is 0 Å². The molecule has 0 bridgehead atoms. The second kappa shape index (κ2) is 6.86. The van der Waals surface area contributed by atoms with Crippen LogP contribution in [0.5, 0.6) is 0 Å². The molecule has 3 rings (SSSR count). The number of likely N-dealkylation sites (tertiary alicyclic amines) is 1. The number of carbonyl (C=O) groups excluding carboxylic acids is 1. The van der Waals surface area contributed by atoms with E-state index in [1.54, 1.807) is 6.07 Å². The van der Waals surface area contributed by atoms with E-state index in [0.29, 0.717) is 22.4 Å². The topological polar surface area (TPSA) is 46.3 Å². The van der Waals surface area contributed by atoms with E-state index >= 15 is 0 Å². The number of hydrogen-bond acceptors (Lipinski definition) is 2. The number of amides is 1. The third-order valence-corrected chi connectivity index (χ3v) is 5.84. The minimum Gasteiger partial charge on any atom is -0.338 e. The lowest BCUT2D eigenvalue weighted by Gasteiger charge is -2.29. The van der Waals surface area contributed by atoms with Crippen molar-refractivity contribution < 1.29 is 4.79 Å². The molecular formula is C15H19BrCl2N2O. The van der Waals surface area contributed by atoms with Gasteiger partial charge in [-0.2, -0.15) is 0 Å². The summed E-state index contributed by atoms with van der Waals surface area (Å²) in [6.07, 6.45) is 3.48. The molecule has 1 saturated carbocycles. The van der Waals surface area contributed by atoms with Crippen LogP contribution in [0, 0.1) is 11.8 Å². The van der Waals surface area contributed by atoms with E-state index in [1.165, 1.54) is 12.8 Å². The summed E-state index contributed by atoms with van der Waals surface area (Å²) in [6, 6.07) is 5.63. The summed E-state index contributed by atoms with van der Waals surface area (Å²) in [5, 5.41) is 0.573. The largest absolute Gasteiger partial charge is 0.338 e. The van der Waals surface area contributed by atoms with Gasteiger partial charge in [0, 0.05) is 29.2 Å². The average Bonchev–Trinajstić information content (AvgIpc) is 2.86. The summed E-state index contributed by atoms with van der Waals surface area (Å²) in [6.45, 7) is 1.63. The molecule has 3 unspecified atom stereocenters. The highest BCUT2D eigenvalue weighted by molar-refractivity contribution is 9.10. The molecule has 116 valence electrons. The molecule has 1 heterocycles. The van der Waals surface area contributed by atoms with Crippen molar-refractivity contribution in [2.45, 2.75) is 25.3 Å². The summed E-state index contributed by atoms with van der Waals surface area (Å²) in [7, 11) is 0. The fourth-order valence-electron chi connectivity index (χ4n) is 3.49. The van der Waals surface area contributed by atoms with Crippen LogP contribution < -0.4 is 5.73 Å². The smallest absolute Gasteiger partial charge is 0.253 e. The molecule has 21 heavy (non-hydrogen) atoms. The second-order valence-electron chi connectivity index (χ2n) is 5.86. The maximum atomic E-state index is 12.6. The Morgan fingerprint density at radius 2 is 2.10 bits per heavy atom. The molecule has 0 aromatic heterocycles. The Morgan fingerprint density at radius 1 is 1.33 bits per heavy atom. The van der Waals surface area contributed by atoms with Crippen molar-refractivity contribution in [3.8, 4) is 0 Å². The van der Waals surface area contributed by atoms with Gasteiger partial charge in [0.25, 0.3) is 5.91 Å². The lowest BCUT2D eigenvalue weighted by molar-refractivity contribution is 0.0783. The van der Waals surface area contributed by atoms with E-state index in [2.05, 4.69) is 15.9 Å². The van der Waals surface area contributed by atoms with E-state index in [4.69, 9.17) is 17.3 Å². The van der Waals surface area contributed by atoms with E-state index in [0.717, 1.165) is 24.0 Å². The highest BCUT2D eigenvalue weighted by Gasteiger charge is 2.40. The Bertz CT molecular complexity index is 540. The van der Waals surface area contributed by atoms with Crippen LogP contribution in [0.2, 0.25) is 5.02 Å². The standard InChI is InChI=1S/C15H18BrClN2O.ClH/c16-12-5-4-9(6-13(12)17)15(20)19-7-10-2-1-3-14(18)11(10)8-19;/h4-6,10-11,14H,1-3,7-8,18H2;1H. The van der Waals surface area contributed by atoms with E-state index < -0.39 is 0 Å². The Labute approximate surface area is 144 Å². The molecule has 1 saturated heterocycles. The second-order valence-corrected chi connectivity index (χ2v) is 7.12. The van der Waals surface area contributed by atoms with Gasteiger partial charge in [0.1, 0.15) is 0 Å². The molecule has 1 amide bonds. The zero-order valence-corrected chi connectivity index (χ0v) is 14.8. The van der Waals surface area contributed by atoms with Crippen LogP contribution in [0.1, 0.15) is 29.6 Å². The molecule has 0 spiro atoms. The number of nitrogens with two attached hydrogens (primary N) is 1. The SMILES string of the molecule is Cl.NC1CCCC2CN(C(=O)c3ccc(Br)c(Cl)c3)CC12. The maximum Gasteiger partial charge on any atom is 0.253 e. The number of carbonyl (C=O) groups is 1. The molecule has 3 nitrogen and oxygen atoms in total. The van der Waals surface area contributed by atoms with Gasteiger partial charge in [-0.15, -0.1) is 12.4 Å². The van der Waals surface area contributed by atoms with Gasteiger partial charge in [0.2, 0.25) is 0 Å². The van der Waals surface area contributed by atoms with Crippen LogP contribution >= 0.6 is 39.9 Å². The molecule has 1 aliphatic carbocycles. The van der Waals surface area contributed by atoms with Crippen molar-refractivity contribution in [1.29, 1.82) is 0 Å². The van der Waals surface area contributed by atoms with Gasteiger partial charge in [-0.3, -0.25) is 4.79 Å². The Kier molecular flexibility index (Phi) is 5.58. The first-order chi connectivity index (χ1) is 9.56. The average molecular weight is 394 g/mol. The monoisotopic (exact) mass is 392 g/mol. The zero-order chi connectivity index (χ0) is 14.3. The molecule has 0 radical (unpaired) electrons. The molecular weight excluding hydrogens is 375 g/mol. The van der Waals surface area contributed by atoms with Crippen LogP contribution in [-0.2, 0) is 0 Å². The predicted octanol–water partition coefficient (Wildman–Crippen LogP) is 3.72. The number of halogens is 3. The number of nitrogens with zero attached hydrogens (tertiary/aromatic N) is 1.